The van der Waals surface area contributed by atoms with Gasteiger partial charge in [0.1, 0.15) is 5.25 Å². The molecule has 5 heteroatoms. The first-order valence-corrected chi connectivity index (χ1v) is 16.0. The Balaban J connectivity index is 0. The molecule has 0 radical (unpaired) electrons. The Labute approximate surface area is 222 Å². The highest BCUT2D eigenvalue weighted by Gasteiger charge is 2.21. The van der Waals surface area contributed by atoms with Crippen molar-refractivity contribution in [3.63, 3.8) is 0 Å². The summed E-state index contributed by atoms with van der Waals surface area (Å²) in [6.45, 7) is 8.39. The van der Waals surface area contributed by atoms with Crippen LogP contribution in [0.25, 0.3) is 0 Å². The summed E-state index contributed by atoms with van der Waals surface area (Å²) in [4.78, 5) is 21.1. The Morgan fingerprint density at radius 1 is 0.571 bits per heavy atom. The Hall–Kier alpha value is -0.710. The van der Waals surface area contributed by atoms with Crippen molar-refractivity contribution < 1.29 is 19.8 Å². The van der Waals surface area contributed by atoms with Crippen molar-refractivity contribution in [3.8, 4) is 0 Å². The third kappa shape index (κ3) is 29.4. The van der Waals surface area contributed by atoms with Crippen molar-refractivity contribution in [1.82, 2.24) is 0 Å². The van der Waals surface area contributed by atoms with Gasteiger partial charge in [0.15, 0.2) is 0 Å². The number of hydrogen-bond acceptors (Lipinski definition) is 3. The second kappa shape index (κ2) is 29.5. The zero-order chi connectivity index (χ0) is 26.6. The lowest BCUT2D eigenvalue weighted by atomic mass is 10.0. The van der Waals surface area contributed by atoms with Crippen molar-refractivity contribution in [1.29, 1.82) is 0 Å². The molecule has 0 rings (SSSR count). The lowest BCUT2D eigenvalue weighted by Gasteiger charge is -2.20. The fourth-order valence-electron chi connectivity index (χ4n) is 4.24. The molecule has 2 unspecified atom stereocenters. The Bertz CT molecular complexity index is 456. The van der Waals surface area contributed by atoms with Gasteiger partial charge >= 0.3 is 11.9 Å². The van der Waals surface area contributed by atoms with Crippen LogP contribution in [-0.2, 0) is 9.59 Å². The summed E-state index contributed by atoms with van der Waals surface area (Å²) < 4.78 is 0. The molecule has 0 heterocycles. The first-order chi connectivity index (χ1) is 16.9. The minimum Gasteiger partial charge on any atom is -0.481 e. The molecule has 35 heavy (non-hydrogen) atoms. The number of unbranched alkanes of at least 4 members (excludes halogenated alkanes) is 15. The van der Waals surface area contributed by atoms with Gasteiger partial charge < -0.3 is 10.2 Å². The monoisotopic (exact) mass is 516 g/mol. The van der Waals surface area contributed by atoms with Crippen LogP contribution in [0.2, 0.25) is 0 Å². The summed E-state index contributed by atoms with van der Waals surface area (Å²) in [6, 6.07) is 0. The molecule has 4 nitrogen and oxygen atoms in total. The third-order valence-electron chi connectivity index (χ3n) is 6.48. The van der Waals surface area contributed by atoms with Gasteiger partial charge in [-0.25, -0.2) is 0 Å². The van der Waals surface area contributed by atoms with Gasteiger partial charge in [-0.2, -0.15) is 0 Å². The van der Waals surface area contributed by atoms with E-state index in [2.05, 4.69) is 13.8 Å². The quantitative estimate of drug-likeness (QED) is 0.118. The number of hydrogen-bond donors (Lipinski definition) is 2. The van der Waals surface area contributed by atoms with Gasteiger partial charge in [-0.15, -0.1) is 11.8 Å². The molecular formula is C30H60O4S. The van der Waals surface area contributed by atoms with E-state index in [4.69, 9.17) is 5.11 Å². The number of thioether (sulfide) groups is 1. The molecular weight excluding hydrogens is 456 g/mol. The van der Waals surface area contributed by atoms with Crippen LogP contribution in [0.5, 0.6) is 0 Å². The van der Waals surface area contributed by atoms with Gasteiger partial charge in [0.05, 0.1) is 0 Å². The molecule has 0 fully saturated rings. The summed E-state index contributed by atoms with van der Waals surface area (Å²) in [6.07, 6.45) is 27.3. The molecule has 0 saturated heterocycles. The first kappa shape index (κ1) is 36.4. The Kier molecular flexibility index (Phi) is 30.7. The van der Waals surface area contributed by atoms with Gasteiger partial charge in [-0.1, -0.05) is 137 Å². The van der Waals surface area contributed by atoms with Gasteiger partial charge in [-0.3, -0.25) is 9.59 Å². The van der Waals surface area contributed by atoms with Crippen LogP contribution >= 0.6 is 11.8 Å². The molecule has 0 spiro atoms. The van der Waals surface area contributed by atoms with Crippen LogP contribution in [-0.4, -0.2) is 32.7 Å². The highest BCUT2D eigenvalue weighted by Crippen LogP contribution is 2.29. The van der Waals surface area contributed by atoms with Gasteiger partial charge in [0.25, 0.3) is 0 Å². The van der Waals surface area contributed by atoms with E-state index in [-0.39, 0.29) is 5.25 Å². The molecule has 0 aromatic heterocycles. The molecule has 0 aromatic carbocycles. The van der Waals surface area contributed by atoms with Crippen molar-refractivity contribution in [2.45, 2.75) is 179 Å². The minimum absolute atomic E-state index is 0.215. The van der Waals surface area contributed by atoms with Crippen molar-refractivity contribution >= 4 is 23.7 Å². The van der Waals surface area contributed by atoms with Crippen molar-refractivity contribution in [2.75, 3.05) is 0 Å². The Morgan fingerprint density at radius 2 is 0.943 bits per heavy atom. The summed E-state index contributed by atoms with van der Waals surface area (Å²) in [5.41, 5.74) is 0. The second-order valence-corrected chi connectivity index (χ2v) is 11.5. The Morgan fingerprint density at radius 3 is 1.20 bits per heavy atom. The molecule has 2 N–H and O–H groups in total. The predicted octanol–water partition coefficient (Wildman–Crippen LogP) is 10.3. The van der Waals surface area contributed by atoms with Crippen LogP contribution in [0.1, 0.15) is 169 Å². The van der Waals surface area contributed by atoms with Crippen LogP contribution in [0.4, 0.5) is 0 Å². The van der Waals surface area contributed by atoms with E-state index >= 15 is 0 Å². The van der Waals surface area contributed by atoms with E-state index in [9.17, 15) is 14.7 Å². The molecule has 0 saturated carbocycles. The first-order valence-electron chi connectivity index (χ1n) is 15.0. The number of carboxylic acids is 2. The van der Waals surface area contributed by atoms with Gasteiger partial charge in [0.2, 0.25) is 0 Å². The fraction of sp³-hybridized carbons (Fsp3) is 0.933. The van der Waals surface area contributed by atoms with E-state index in [1.807, 2.05) is 13.8 Å². The van der Waals surface area contributed by atoms with E-state index in [0.29, 0.717) is 11.7 Å². The number of aliphatic carboxylic acids is 2. The summed E-state index contributed by atoms with van der Waals surface area (Å²) in [5, 5.41) is 17.7. The molecule has 0 aliphatic carbocycles. The topological polar surface area (TPSA) is 74.6 Å². The standard InChI is InChI=1S/C26H52O2S.C4H8O2/c1-4-7-9-11-13-14-15-16-17-19-21-23-24(29-25(6-3)26(27)28)22-20-18-12-10-8-5-2;1-2-3-4(5)6/h24-25H,4-23H2,1-3H3,(H,27,28);2-3H2,1H3,(H,5,6). The lowest BCUT2D eigenvalue weighted by Crippen LogP contribution is -2.19. The maximum absolute atomic E-state index is 11.5. The maximum atomic E-state index is 11.5. The van der Waals surface area contributed by atoms with E-state index in [1.54, 1.807) is 11.8 Å². The van der Waals surface area contributed by atoms with Crippen LogP contribution in [0.3, 0.4) is 0 Å². The average molecular weight is 517 g/mol. The van der Waals surface area contributed by atoms with Gasteiger partial charge in [0, 0.05) is 11.7 Å². The molecule has 0 aromatic rings. The van der Waals surface area contributed by atoms with Crippen LogP contribution < -0.4 is 0 Å². The highest BCUT2D eigenvalue weighted by atomic mass is 32.2. The highest BCUT2D eigenvalue weighted by molar-refractivity contribution is 8.01. The molecule has 0 aliphatic rings. The number of carbonyl (C=O) groups is 2. The summed E-state index contributed by atoms with van der Waals surface area (Å²) in [7, 11) is 0. The van der Waals surface area contributed by atoms with Crippen LogP contribution in [0, 0.1) is 0 Å². The zero-order valence-corrected chi connectivity index (χ0v) is 24.6. The third-order valence-corrected chi connectivity index (χ3v) is 8.20. The van der Waals surface area contributed by atoms with E-state index < -0.39 is 11.9 Å². The molecule has 0 bridgehead atoms. The van der Waals surface area contributed by atoms with E-state index in [0.717, 1.165) is 12.8 Å². The molecule has 2 atom stereocenters. The molecule has 210 valence electrons. The largest absolute Gasteiger partial charge is 0.481 e. The SMILES string of the molecule is CCCC(=O)O.CCCCCCCCCCCCCC(CCCCCCCC)SC(CC)C(=O)O. The van der Waals surface area contributed by atoms with Crippen molar-refractivity contribution in [3.05, 3.63) is 0 Å². The number of rotatable bonds is 25. The van der Waals surface area contributed by atoms with Crippen molar-refractivity contribution in [2.24, 2.45) is 0 Å². The average Bonchev–Trinajstić information content (AvgIpc) is 2.82. The molecule has 0 aliphatic heterocycles. The smallest absolute Gasteiger partial charge is 0.316 e. The summed E-state index contributed by atoms with van der Waals surface area (Å²) in [5.74, 6) is -1.33. The summed E-state index contributed by atoms with van der Waals surface area (Å²) >= 11 is 1.75. The normalized spacial score (nSPS) is 12.6. The molecule has 0 amide bonds. The predicted molar refractivity (Wildman–Crippen MR) is 155 cm³/mol. The zero-order valence-electron chi connectivity index (χ0n) is 23.8. The fourth-order valence-corrected chi connectivity index (χ4v) is 5.62. The van der Waals surface area contributed by atoms with Crippen LogP contribution in [0.15, 0.2) is 0 Å². The lowest BCUT2D eigenvalue weighted by molar-refractivity contribution is -0.137. The number of carboxylic acid groups (broad SMARTS) is 2. The van der Waals surface area contributed by atoms with E-state index in [1.165, 1.54) is 122 Å². The minimum atomic E-state index is -0.711. The van der Waals surface area contributed by atoms with Gasteiger partial charge in [-0.05, 0) is 25.7 Å². The maximum Gasteiger partial charge on any atom is 0.316 e. The second-order valence-electron chi connectivity index (χ2n) is 10.0.